The van der Waals surface area contributed by atoms with E-state index in [0.717, 1.165) is 37.7 Å². The molecule has 1 aromatic rings. The number of amides is 2. The zero-order valence-electron chi connectivity index (χ0n) is 19.5. The number of allylic oxidation sites excluding steroid dienone is 1. The molecule has 2 amide bonds. The lowest BCUT2D eigenvalue weighted by atomic mass is 9.97. The number of carbonyl (C=O) groups is 2. The van der Waals surface area contributed by atoms with Crippen LogP contribution in [0.4, 0.5) is 5.69 Å². The molecular formula is C25H35N3O4S. The van der Waals surface area contributed by atoms with Gasteiger partial charge in [-0.25, -0.2) is 8.42 Å². The van der Waals surface area contributed by atoms with Crippen molar-refractivity contribution in [1.82, 2.24) is 9.62 Å². The van der Waals surface area contributed by atoms with E-state index in [1.165, 1.54) is 23.3 Å². The number of sulfonamides is 1. The molecule has 1 aromatic carbocycles. The molecule has 4 rings (SSSR count). The average Bonchev–Trinajstić information content (AvgIpc) is 2.81. The van der Waals surface area contributed by atoms with Crippen LogP contribution in [0.1, 0.15) is 63.9 Å². The minimum atomic E-state index is -3.55. The van der Waals surface area contributed by atoms with Crippen molar-refractivity contribution in [2.45, 2.75) is 69.6 Å². The number of hydrogen-bond donors (Lipinski definition) is 1. The van der Waals surface area contributed by atoms with Gasteiger partial charge in [-0.15, -0.1) is 0 Å². The summed E-state index contributed by atoms with van der Waals surface area (Å²) in [6.07, 6.45) is 10.3. The first-order valence-electron chi connectivity index (χ1n) is 12.2. The Balaban J connectivity index is 1.41. The van der Waals surface area contributed by atoms with Crippen LogP contribution in [0.3, 0.4) is 0 Å². The molecule has 180 valence electrons. The summed E-state index contributed by atoms with van der Waals surface area (Å²) < 4.78 is 27.8. The molecule has 33 heavy (non-hydrogen) atoms. The van der Waals surface area contributed by atoms with Gasteiger partial charge in [0.1, 0.15) is 6.54 Å². The highest BCUT2D eigenvalue weighted by Crippen LogP contribution is 2.32. The molecule has 0 unspecified atom stereocenters. The van der Waals surface area contributed by atoms with Gasteiger partial charge in [0, 0.05) is 31.7 Å². The van der Waals surface area contributed by atoms with Gasteiger partial charge < -0.3 is 10.2 Å². The number of carbonyl (C=O) groups excluding carboxylic acids is 2. The summed E-state index contributed by atoms with van der Waals surface area (Å²) in [4.78, 5) is 26.9. The molecule has 0 radical (unpaired) electrons. The van der Waals surface area contributed by atoms with E-state index in [0.29, 0.717) is 37.7 Å². The van der Waals surface area contributed by atoms with Crippen LogP contribution in [0.2, 0.25) is 0 Å². The number of aryl methyl sites for hydroxylation is 1. The van der Waals surface area contributed by atoms with E-state index in [9.17, 15) is 18.0 Å². The fourth-order valence-electron chi connectivity index (χ4n) is 4.94. The van der Waals surface area contributed by atoms with Gasteiger partial charge in [-0.1, -0.05) is 18.6 Å². The van der Waals surface area contributed by atoms with Gasteiger partial charge in [0.2, 0.25) is 21.8 Å². The highest BCUT2D eigenvalue weighted by Gasteiger charge is 2.31. The topological polar surface area (TPSA) is 86.8 Å². The molecule has 0 spiro atoms. The maximum Gasteiger partial charge on any atom is 0.243 e. The number of piperidine rings is 1. The second-order valence-electron chi connectivity index (χ2n) is 9.57. The SMILES string of the molecule is CC1CCN(S(=O)(=O)c2ccc3c(c2)CCC(=O)N3CC(=O)NCCC2=CCCCC2)CC1. The third kappa shape index (κ3) is 5.66. The van der Waals surface area contributed by atoms with Crippen molar-refractivity contribution in [1.29, 1.82) is 0 Å². The molecule has 1 aliphatic carbocycles. The van der Waals surface area contributed by atoms with Crippen molar-refractivity contribution in [3.8, 4) is 0 Å². The van der Waals surface area contributed by atoms with E-state index >= 15 is 0 Å². The van der Waals surface area contributed by atoms with Crippen LogP contribution in [0, 0.1) is 5.92 Å². The number of anilines is 1. The first kappa shape index (κ1) is 24.0. The number of nitrogens with zero attached hydrogens (tertiary/aromatic N) is 2. The van der Waals surface area contributed by atoms with Crippen molar-refractivity contribution >= 4 is 27.5 Å². The van der Waals surface area contributed by atoms with Crippen molar-refractivity contribution in [2.24, 2.45) is 5.92 Å². The van der Waals surface area contributed by atoms with Gasteiger partial charge in [0.15, 0.2) is 0 Å². The maximum absolute atomic E-state index is 13.1. The van der Waals surface area contributed by atoms with Crippen LogP contribution in [-0.2, 0) is 26.0 Å². The van der Waals surface area contributed by atoms with Gasteiger partial charge in [-0.05, 0) is 81.0 Å². The molecule has 0 saturated carbocycles. The second kappa shape index (κ2) is 10.4. The van der Waals surface area contributed by atoms with E-state index < -0.39 is 10.0 Å². The quantitative estimate of drug-likeness (QED) is 0.615. The fourth-order valence-corrected chi connectivity index (χ4v) is 6.46. The Morgan fingerprint density at radius 2 is 1.91 bits per heavy atom. The van der Waals surface area contributed by atoms with E-state index in [1.807, 2.05) is 0 Å². The summed E-state index contributed by atoms with van der Waals surface area (Å²) in [6.45, 7) is 3.77. The van der Waals surface area contributed by atoms with Gasteiger partial charge in [-0.3, -0.25) is 9.59 Å². The Bertz CT molecular complexity index is 1030. The molecule has 0 bridgehead atoms. The van der Waals surface area contributed by atoms with Crippen LogP contribution in [-0.4, -0.2) is 50.7 Å². The average molecular weight is 474 g/mol. The van der Waals surface area contributed by atoms with Gasteiger partial charge in [0.05, 0.1) is 4.90 Å². The third-order valence-electron chi connectivity index (χ3n) is 7.09. The predicted octanol–water partition coefficient (Wildman–Crippen LogP) is 3.39. The number of benzene rings is 1. The van der Waals surface area contributed by atoms with Crippen LogP contribution in [0.25, 0.3) is 0 Å². The summed E-state index contributed by atoms with van der Waals surface area (Å²) in [7, 11) is -3.55. The molecule has 1 fully saturated rings. The van der Waals surface area contributed by atoms with E-state index in [-0.39, 0.29) is 29.7 Å². The zero-order chi connectivity index (χ0) is 23.4. The highest BCUT2D eigenvalue weighted by atomic mass is 32.2. The lowest BCUT2D eigenvalue weighted by Crippen LogP contribution is -2.43. The fraction of sp³-hybridized carbons (Fsp3) is 0.600. The molecule has 1 saturated heterocycles. The molecule has 0 atom stereocenters. The number of rotatable bonds is 7. The molecule has 1 N–H and O–H groups in total. The standard InChI is InChI=1S/C25H35N3O4S/c1-19-12-15-27(16-13-19)33(31,32)22-8-9-23-21(17-22)7-10-25(30)28(23)18-24(29)26-14-11-20-5-3-2-4-6-20/h5,8-9,17,19H,2-4,6-7,10-16,18H2,1H3,(H,26,29). The molecule has 2 aliphatic heterocycles. The van der Waals surface area contributed by atoms with Gasteiger partial charge >= 0.3 is 0 Å². The summed E-state index contributed by atoms with van der Waals surface area (Å²) in [6, 6.07) is 4.95. The number of fused-ring (bicyclic) bond motifs is 1. The number of hydrogen-bond acceptors (Lipinski definition) is 4. The highest BCUT2D eigenvalue weighted by molar-refractivity contribution is 7.89. The van der Waals surface area contributed by atoms with Crippen LogP contribution >= 0.6 is 0 Å². The van der Waals surface area contributed by atoms with Crippen molar-refractivity contribution < 1.29 is 18.0 Å². The van der Waals surface area contributed by atoms with Crippen molar-refractivity contribution in [2.75, 3.05) is 31.1 Å². The Morgan fingerprint density at radius 3 is 2.64 bits per heavy atom. The molecule has 3 aliphatic rings. The Hall–Kier alpha value is -2.19. The summed E-state index contributed by atoms with van der Waals surface area (Å²) in [5.41, 5.74) is 2.85. The predicted molar refractivity (Wildman–Crippen MR) is 128 cm³/mol. The Labute approximate surface area is 197 Å². The maximum atomic E-state index is 13.1. The normalized spacial score (nSPS) is 20.3. The minimum absolute atomic E-state index is 0.0407. The lowest BCUT2D eigenvalue weighted by Gasteiger charge is -2.31. The second-order valence-corrected chi connectivity index (χ2v) is 11.5. The van der Waals surface area contributed by atoms with Crippen LogP contribution in [0.15, 0.2) is 34.7 Å². The minimum Gasteiger partial charge on any atom is -0.354 e. The molecule has 0 aromatic heterocycles. The Kier molecular flexibility index (Phi) is 7.54. The third-order valence-corrected chi connectivity index (χ3v) is 8.98. The van der Waals surface area contributed by atoms with Gasteiger partial charge in [0.25, 0.3) is 0 Å². The van der Waals surface area contributed by atoms with Crippen molar-refractivity contribution in [3.05, 3.63) is 35.4 Å². The van der Waals surface area contributed by atoms with E-state index in [1.54, 1.807) is 22.5 Å². The largest absolute Gasteiger partial charge is 0.354 e. The van der Waals surface area contributed by atoms with E-state index in [4.69, 9.17) is 0 Å². The first-order valence-corrected chi connectivity index (χ1v) is 13.7. The Morgan fingerprint density at radius 1 is 1.12 bits per heavy atom. The van der Waals surface area contributed by atoms with Gasteiger partial charge in [-0.2, -0.15) is 4.31 Å². The summed E-state index contributed by atoms with van der Waals surface area (Å²) in [5, 5.41) is 2.93. The van der Waals surface area contributed by atoms with E-state index in [2.05, 4.69) is 18.3 Å². The van der Waals surface area contributed by atoms with Crippen molar-refractivity contribution in [3.63, 3.8) is 0 Å². The monoisotopic (exact) mass is 473 g/mol. The first-order chi connectivity index (χ1) is 15.8. The smallest absolute Gasteiger partial charge is 0.243 e. The lowest BCUT2D eigenvalue weighted by molar-refractivity contribution is -0.124. The van der Waals surface area contributed by atoms with Crippen LogP contribution < -0.4 is 10.2 Å². The molecular weight excluding hydrogens is 438 g/mol. The zero-order valence-corrected chi connectivity index (χ0v) is 20.3. The summed E-state index contributed by atoms with van der Waals surface area (Å²) >= 11 is 0. The number of nitrogens with one attached hydrogen (secondary N) is 1. The van der Waals surface area contributed by atoms with Crippen LogP contribution in [0.5, 0.6) is 0 Å². The summed E-state index contributed by atoms with van der Waals surface area (Å²) in [5.74, 6) is 0.255. The molecule has 8 heteroatoms. The molecule has 7 nitrogen and oxygen atoms in total. The molecule has 2 heterocycles.